The number of imidazole rings is 1. The zero-order valence-corrected chi connectivity index (χ0v) is 17.5. The number of benzene rings is 2. The van der Waals surface area contributed by atoms with Crippen molar-refractivity contribution in [2.24, 2.45) is 5.92 Å². The van der Waals surface area contributed by atoms with Gasteiger partial charge in [0.2, 0.25) is 0 Å². The van der Waals surface area contributed by atoms with Gasteiger partial charge in [-0.1, -0.05) is 32.0 Å². The van der Waals surface area contributed by atoms with Crippen LogP contribution in [0.4, 0.5) is 5.82 Å². The fraction of sp³-hybridized carbons (Fsp3) is 0.208. The molecule has 0 spiro atoms. The van der Waals surface area contributed by atoms with Crippen molar-refractivity contribution < 1.29 is 9.47 Å². The largest absolute Gasteiger partial charge is 0.493 e. The summed E-state index contributed by atoms with van der Waals surface area (Å²) in [4.78, 5) is 4.61. The number of hydrogen-bond donors (Lipinski definition) is 1. The monoisotopic (exact) mass is 411 g/mol. The van der Waals surface area contributed by atoms with Crippen LogP contribution in [0.15, 0.2) is 42.5 Å². The molecule has 2 heterocycles. The maximum Gasteiger partial charge on any atom is 0.161 e. The zero-order chi connectivity index (χ0) is 22.1. The Balaban J connectivity index is 2.01. The number of aromatic nitrogens is 2. The van der Waals surface area contributed by atoms with Crippen LogP contribution in [0.3, 0.4) is 0 Å². The topological polar surface area (TPSA) is 109 Å². The fourth-order valence-electron chi connectivity index (χ4n) is 3.62. The molecule has 0 unspecified atom stereocenters. The molecule has 0 aliphatic carbocycles. The van der Waals surface area contributed by atoms with Crippen LogP contribution >= 0.6 is 0 Å². The predicted octanol–water partition coefficient (Wildman–Crippen LogP) is 4.52. The first-order valence-corrected chi connectivity index (χ1v) is 9.84. The second-order valence-corrected chi connectivity index (χ2v) is 7.56. The number of nitrogen functional groups attached to an aromatic ring is 1. The molecule has 4 rings (SSSR count). The van der Waals surface area contributed by atoms with Crippen LogP contribution in [-0.4, -0.2) is 23.1 Å². The van der Waals surface area contributed by atoms with Crippen LogP contribution in [0.5, 0.6) is 11.5 Å². The summed E-state index contributed by atoms with van der Waals surface area (Å²) in [5, 5.41) is 20.0. The second-order valence-electron chi connectivity index (χ2n) is 7.56. The van der Waals surface area contributed by atoms with Gasteiger partial charge in [-0.15, -0.1) is 0 Å². The van der Waals surface area contributed by atoms with Crippen molar-refractivity contribution in [2.45, 2.75) is 13.8 Å². The van der Waals surface area contributed by atoms with Gasteiger partial charge in [0, 0.05) is 5.56 Å². The summed E-state index contributed by atoms with van der Waals surface area (Å²) in [5.74, 6) is 1.70. The molecule has 0 fully saturated rings. The molecule has 0 aliphatic heterocycles. The van der Waals surface area contributed by atoms with Crippen LogP contribution in [0.1, 0.15) is 25.0 Å². The Morgan fingerprint density at radius 3 is 2.48 bits per heavy atom. The lowest BCUT2D eigenvalue weighted by atomic mass is 9.96. The number of nitrogens with zero attached hydrogens (tertiary/aromatic N) is 4. The van der Waals surface area contributed by atoms with Crippen molar-refractivity contribution in [1.29, 1.82) is 10.5 Å². The molecule has 7 nitrogen and oxygen atoms in total. The van der Waals surface area contributed by atoms with Gasteiger partial charge < -0.3 is 15.2 Å². The summed E-state index contributed by atoms with van der Waals surface area (Å²) in [6.07, 6.45) is 0. The van der Waals surface area contributed by atoms with Crippen molar-refractivity contribution in [3.05, 3.63) is 53.6 Å². The molecule has 0 saturated carbocycles. The maximum atomic E-state index is 10.0. The average molecular weight is 411 g/mol. The Kier molecular flexibility index (Phi) is 5.10. The minimum absolute atomic E-state index is 0.213. The molecule has 4 aromatic rings. The molecule has 0 atom stereocenters. The fourth-order valence-corrected chi connectivity index (χ4v) is 3.62. The minimum atomic E-state index is 0.213. The van der Waals surface area contributed by atoms with E-state index in [4.69, 9.17) is 15.2 Å². The van der Waals surface area contributed by atoms with Crippen LogP contribution in [0, 0.1) is 28.6 Å². The highest BCUT2D eigenvalue weighted by atomic mass is 16.5. The molecule has 2 aromatic carbocycles. The molecule has 31 heavy (non-hydrogen) atoms. The molecular weight excluding hydrogens is 390 g/mol. The van der Waals surface area contributed by atoms with E-state index in [2.05, 4.69) is 31.0 Å². The average Bonchev–Trinajstić information content (AvgIpc) is 3.17. The van der Waals surface area contributed by atoms with E-state index < -0.39 is 0 Å². The lowest BCUT2D eigenvalue weighted by Crippen LogP contribution is -2.07. The van der Waals surface area contributed by atoms with Gasteiger partial charge in [-0.3, -0.25) is 4.40 Å². The Labute approximate surface area is 179 Å². The van der Waals surface area contributed by atoms with Crippen LogP contribution < -0.4 is 15.2 Å². The Morgan fingerprint density at radius 1 is 1.06 bits per heavy atom. The van der Waals surface area contributed by atoms with Gasteiger partial charge in [-0.2, -0.15) is 10.5 Å². The summed E-state index contributed by atoms with van der Waals surface area (Å²) in [7, 11) is 1.55. The van der Waals surface area contributed by atoms with E-state index in [1.165, 1.54) is 0 Å². The number of rotatable bonds is 5. The highest BCUT2D eigenvalue weighted by Crippen LogP contribution is 2.39. The molecule has 0 aliphatic rings. The highest BCUT2D eigenvalue weighted by molar-refractivity contribution is 5.93. The van der Waals surface area contributed by atoms with Gasteiger partial charge in [0.15, 0.2) is 17.1 Å². The van der Waals surface area contributed by atoms with E-state index in [1.54, 1.807) is 29.7 Å². The number of hydrogen-bond acceptors (Lipinski definition) is 6. The molecule has 2 N–H and O–H groups in total. The summed E-state index contributed by atoms with van der Waals surface area (Å²) in [5.41, 5.74) is 9.81. The van der Waals surface area contributed by atoms with E-state index in [0.717, 1.165) is 5.52 Å². The van der Waals surface area contributed by atoms with Crippen molar-refractivity contribution in [3.63, 3.8) is 0 Å². The normalized spacial score (nSPS) is 10.9. The van der Waals surface area contributed by atoms with Crippen LogP contribution in [0.2, 0.25) is 0 Å². The van der Waals surface area contributed by atoms with Gasteiger partial charge >= 0.3 is 0 Å². The third-order valence-electron chi connectivity index (χ3n) is 5.03. The summed E-state index contributed by atoms with van der Waals surface area (Å²) in [6, 6.07) is 17.2. The lowest BCUT2D eigenvalue weighted by molar-refractivity contribution is 0.257. The number of fused-ring (bicyclic) bond motifs is 3. The molecule has 0 radical (unpaired) electrons. The first-order valence-electron chi connectivity index (χ1n) is 9.84. The van der Waals surface area contributed by atoms with E-state index in [-0.39, 0.29) is 16.9 Å². The van der Waals surface area contributed by atoms with Gasteiger partial charge in [0.1, 0.15) is 29.1 Å². The lowest BCUT2D eigenvalue weighted by Gasteiger charge is -2.16. The smallest absolute Gasteiger partial charge is 0.161 e. The molecule has 7 heteroatoms. The van der Waals surface area contributed by atoms with Crippen LogP contribution in [0.25, 0.3) is 27.8 Å². The van der Waals surface area contributed by atoms with Crippen molar-refractivity contribution in [1.82, 2.24) is 9.38 Å². The number of pyridine rings is 1. The molecule has 0 bridgehead atoms. The van der Waals surface area contributed by atoms with E-state index in [9.17, 15) is 10.5 Å². The van der Waals surface area contributed by atoms with E-state index in [1.807, 2.05) is 24.3 Å². The third-order valence-corrected chi connectivity index (χ3v) is 5.03. The van der Waals surface area contributed by atoms with Gasteiger partial charge in [0.05, 0.1) is 24.8 Å². The van der Waals surface area contributed by atoms with Gasteiger partial charge in [-0.05, 0) is 35.7 Å². The first kappa shape index (κ1) is 20.1. The molecule has 154 valence electrons. The molecule has 0 saturated heterocycles. The van der Waals surface area contributed by atoms with E-state index in [0.29, 0.717) is 46.3 Å². The quantitative estimate of drug-likeness (QED) is 0.517. The van der Waals surface area contributed by atoms with Gasteiger partial charge in [-0.25, -0.2) is 4.98 Å². The highest BCUT2D eigenvalue weighted by Gasteiger charge is 2.23. The third kappa shape index (κ3) is 3.27. The number of ether oxygens (including phenoxy) is 2. The number of methoxy groups -OCH3 is 1. The van der Waals surface area contributed by atoms with Gasteiger partial charge in [0.25, 0.3) is 0 Å². The summed E-state index contributed by atoms with van der Waals surface area (Å²) in [6.45, 7) is 4.67. The summed E-state index contributed by atoms with van der Waals surface area (Å²) < 4.78 is 13.0. The number of anilines is 1. The minimum Gasteiger partial charge on any atom is -0.493 e. The van der Waals surface area contributed by atoms with Crippen LogP contribution in [-0.2, 0) is 0 Å². The number of para-hydroxylation sites is 2. The maximum absolute atomic E-state index is 10.0. The molecule has 0 amide bonds. The number of nitrogens with two attached hydrogens (primary N) is 1. The Hall–Kier alpha value is -4.23. The SMILES string of the molecule is COc1cc(-c2c(C#N)c(N)n3c(nc4ccccc43)c2C#N)ccc1OCC(C)C. The van der Waals surface area contributed by atoms with Crippen molar-refractivity contribution in [3.8, 4) is 34.8 Å². The Bertz CT molecular complexity index is 1390. The Morgan fingerprint density at radius 2 is 1.81 bits per heavy atom. The molecule has 2 aromatic heterocycles. The zero-order valence-electron chi connectivity index (χ0n) is 17.5. The molecular formula is C24H21N5O2. The number of nitriles is 2. The second kappa shape index (κ2) is 7.89. The van der Waals surface area contributed by atoms with Crippen molar-refractivity contribution in [2.75, 3.05) is 19.5 Å². The first-order chi connectivity index (χ1) is 15.0. The van der Waals surface area contributed by atoms with E-state index >= 15 is 0 Å². The van der Waals surface area contributed by atoms with Crippen molar-refractivity contribution >= 4 is 22.5 Å². The predicted molar refractivity (Wildman–Crippen MR) is 119 cm³/mol. The standard InChI is InChI=1S/C24H21N5O2/c1-14(2)13-31-20-9-8-15(10-21(20)30-3)22-16(11-25)23(27)29-19-7-5-4-6-18(19)28-24(29)17(22)12-26/h4-10,14H,13,27H2,1-3H3. The summed E-state index contributed by atoms with van der Waals surface area (Å²) >= 11 is 0.